The first kappa shape index (κ1) is 11.8. The minimum atomic E-state index is -0.433. The van der Waals surface area contributed by atoms with Gasteiger partial charge in [-0.2, -0.15) is 0 Å². The van der Waals surface area contributed by atoms with E-state index in [1.54, 1.807) is 6.20 Å². The molecule has 3 nitrogen and oxygen atoms in total. The van der Waals surface area contributed by atoms with Gasteiger partial charge in [-0.25, -0.2) is 0 Å². The fourth-order valence-electron chi connectivity index (χ4n) is 1.83. The minimum Gasteiger partial charge on any atom is -0.348 e. The summed E-state index contributed by atoms with van der Waals surface area (Å²) in [4.78, 5) is 4.05. The van der Waals surface area contributed by atoms with Crippen molar-refractivity contribution in [1.82, 2.24) is 4.98 Å². The maximum atomic E-state index is 5.87. The quantitative estimate of drug-likeness (QED) is 0.816. The van der Waals surface area contributed by atoms with E-state index in [-0.39, 0.29) is 6.10 Å². The summed E-state index contributed by atoms with van der Waals surface area (Å²) in [7, 11) is 0. The maximum absolute atomic E-state index is 5.87. The summed E-state index contributed by atoms with van der Waals surface area (Å²) < 4.78 is 11.2. The van der Waals surface area contributed by atoms with E-state index in [2.05, 4.69) is 4.98 Å². The molecule has 0 saturated carbocycles. The molecule has 1 aromatic heterocycles. The third-order valence-corrected chi connectivity index (χ3v) is 2.79. The largest absolute Gasteiger partial charge is 0.348 e. The zero-order valence-corrected chi connectivity index (χ0v) is 10.3. The fourth-order valence-corrected chi connectivity index (χ4v) is 2.02. The van der Waals surface area contributed by atoms with E-state index < -0.39 is 5.79 Å². The number of halogens is 1. The first-order valence-electron chi connectivity index (χ1n) is 5.46. The molecule has 1 aliphatic heterocycles. The van der Waals surface area contributed by atoms with Crippen molar-refractivity contribution in [3.63, 3.8) is 0 Å². The van der Waals surface area contributed by atoms with Crippen LogP contribution in [0.2, 0.25) is 5.02 Å². The van der Waals surface area contributed by atoms with Crippen LogP contribution in [0.1, 0.15) is 25.8 Å². The predicted molar refractivity (Wildman–Crippen MR) is 62.5 cm³/mol. The Kier molecular flexibility index (Phi) is 3.47. The van der Waals surface area contributed by atoms with E-state index >= 15 is 0 Å². The highest BCUT2D eigenvalue weighted by Crippen LogP contribution is 2.25. The van der Waals surface area contributed by atoms with Crippen LogP contribution in [0.3, 0.4) is 0 Å². The molecular weight excluding hydrogens is 226 g/mol. The Labute approximate surface area is 101 Å². The fraction of sp³-hybridized carbons (Fsp3) is 0.583. The molecule has 0 N–H and O–H groups in total. The van der Waals surface area contributed by atoms with Crippen LogP contribution in [0.25, 0.3) is 0 Å². The van der Waals surface area contributed by atoms with Crippen molar-refractivity contribution in [2.75, 3.05) is 6.61 Å². The van der Waals surface area contributed by atoms with Crippen LogP contribution in [0, 0.1) is 0 Å². The average molecular weight is 242 g/mol. The van der Waals surface area contributed by atoms with Gasteiger partial charge in [-0.15, -0.1) is 0 Å². The van der Waals surface area contributed by atoms with Gasteiger partial charge in [0.2, 0.25) is 0 Å². The Balaban J connectivity index is 1.84. The standard InChI is InChI=1S/C12H16ClNO2/c1-12(2)15-8-11(16-12)4-3-9-5-10(13)7-14-6-9/h5-7,11H,3-4,8H2,1-2H3. The van der Waals surface area contributed by atoms with Gasteiger partial charge in [-0.1, -0.05) is 11.6 Å². The first-order valence-corrected chi connectivity index (χ1v) is 5.84. The van der Waals surface area contributed by atoms with Gasteiger partial charge in [-0.3, -0.25) is 4.98 Å². The van der Waals surface area contributed by atoms with Crippen LogP contribution in [0.5, 0.6) is 0 Å². The molecule has 1 aromatic rings. The molecular formula is C12H16ClNO2. The molecule has 0 bridgehead atoms. The Morgan fingerprint density at radius 3 is 2.94 bits per heavy atom. The highest BCUT2D eigenvalue weighted by Gasteiger charge is 2.32. The van der Waals surface area contributed by atoms with E-state index in [1.807, 2.05) is 26.1 Å². The average Bonchev–Trinajstić information content (AvgIpc) is 2.56. The van der Waals surface area contributed by atoms with Gasteiger partial charge in [0.1, 0.15) is 0 Å². The summed E-state index contributed by atoms with van der Waals surface area (Å²) in [5.74, 6) is -0.433. The molecule has 16 heavy (non-hydrogen) atoms. The molecule has 1 aliphatic rings. The van der Waals surface area contributed by atoms with Crippen molar-refractivity contribution in [2.24, 2.45) is 0 Å². The molecule has 2 rings (SSSR count). The van der Waals surface area contributed by atoms with E-state index in [1.165, 1.54) is 0 Å². The second kappa shape index (κ2) is 4.70. The smallest absolute Gasteiger partial charge is 0.163 e. The molecule has 1 fully saturated rings. The second-order valence-corrected chi connectivity index (χ2v) is 4.94. The summed E-state index contributed by atoms with van der Waals surface area (Å²) in [6, 6.07) is 1.94. The third kappa shape index (κ3) is 3.17. The van der Waals surface area contributed by atoms with E-state index in [4.69, 9.17) is 21.1 Å². The van der Waals surface area contributed by atoms with Crippen LogP contribution in [0.4, 0.5) is 0 Å². The van der Waals surface area contributed by atoms with Crippen LogP contribution in [-0.2, 0) is 15.9 Å². The van der Waals surface area contributed by atoms with E-state index in [0.717, 1.165) is 18.4 Å². The summed E-state index contributed by atoms with van der Waals surface area (Å²) in [5, 5.41) is 0.682. The van der Waals surface area contributed by atoms with Gasteiger partial charge < -0.3 is 9.47 Å². The van der Waals surface area contributed by atoms with Gasteiger partial charge in [0.15, 0.2) is 5.79 Å². The summed E-state index contributed by atoms with van der Waals surface area (Å²) >= 11 is 5.87. The molecule has 1 unspecified atom stereocenters. The number of pyridine rings is 1. The van der Waals surface area contributed by atoms with Crippen LogP contribution >= 0.6 is 11.6 Å². The maximum Gasteiger partial charge on any atom is 0.163 e. The minimum absolute atomic E-state index is 0.175. The molecule has 4 heteroatoms. The monoisotopic (exact) mass is 241 g/mol. The van der Waals surface area contributed by atoms with Crippen LogP contribution in [-0.4, -0.2) is 23.5 Å². The Bertz CT molecular complexity index is 368. The number of aryl methyl sites for hydroxylation is 1. The lowest BCUT2D eigenvalue weighted by Crippen LogP contribution is -2.21. The highest BCUT2D eigenvalue weighted by atomic mass is 35.5. The molecule has 0 spiro atoms. The number of hydrogen-bond acceptors (Lipinski definition) is 3. The van der Waals surface area contributed by atoms with Gasteiger partial charge in [-0.05, 0) is 38.3 Å². The highest BCUT2D eigenvalue weighted by molar-refractivity contribution is 6.30. The van der Waals surface area contributed by atoms with Crippen molar-refractivity contribution in [3.8, 4) is 0 Å². The first-order chi connectivity index (χ1) is 7.55. The van der Waals surface area contributed by atoms with E-state index in [0.29, 0.717) is 11.6 Å². The van der Waals surface area contributed by atoms with Gasteiger partial charge in [0, 0.05) is 12.4 Å². The number of nitrogens with zero attached hydrogens (tertiary/aromatic N) is 1. The predicted octanol–water partition coefficient (Wildman–Crippen LogP) is 2.82. The van der Waals surface area contributed by atoms with Gasteiger partial charge in [0.05, 0.1) is 17.7 Å². The zero-order chi connectivity index (χ0) is 11.6. The van der Waals surface area contributed by atoms with Gasteiger partial charge >= 0.3 is 0 Å². The molecule has 1 atom stereocenters. The normalized spacial score (nSPS) is 23.6. The topological polar surface area (TPSA) is 31.4 Å². The number of hydrogen-bond donors (Lipinski definition) is 0. The molecule has 0 aliphatic carbocycles. The second-order valence-electron chi connectivity index (χ2n) is 4.50. The molecule has 0 amide bonds. The summed E-state index contributed by atoms with van der Waals surface area (Å²) in [6.07, 6.45) is 5.51. The Morgan fingerprint density at radius 1 is 1.50 bits per heavy atom. The molecule has 1 saturated heterocycles. The van der Waals surface area contributed by atoms with Crippen LogP contribution in [0.15, 0.2) is 18.5 Å². The lowest BCUT2D eigenvalue weighted by atomic mass is 10.1. The van der Waals surface area contributed by atoms with Crippen LogP contribution < -0.4 is 0 Å². The number of rotatable bonds is 3. The van der Waals surface area contributed by atoms with E-state index in [9.17, 15) is 0 Å². The zero-order valence-electron chi connectivity index (χ0n) is 9.57. The number of aromatic nitrogens is 1. The summed E-state index contributed by atoms with van der Waals surface area (Å²) in [6.45, 7) is 4.54. The lowest BCUT2D eigenvalue weighted by molar-refractivity contribution is -0.138. The van der Waals surface area contributed by atoms with Crippen molar-refractivity contribution in [1.29, 1.82) is 0 Å². The molecule has 2 heterocycles. The summed E-state index contributed by atoms with van der Waals surface area (Å²) in [5.41, 5.74) is 1.14. The molecule has 0 aromatic carbocycles. The van der Waals surface area contributed by atoms with Gasteiger partial charge in [0.25, 0.3) is 0 Å². The van der Waals surface area contributed by atoms with Crippen molar-refractivity contribution in [2.45, 2.75) is 38.6 Å². The van der Waals surface area contributed by atoms with Crippen molar-refractivity contribution >= 4 is 11.6 Å². The van der Waals surface area contributed by atoms with Crippen molar-refractivity contribution < 1.29 is 9.47 Å². The number of ether oxygens (including phenoxy) is 2. The Morgan fingerprint density at radius 2 is 2.31 bits per heavy atom. The molecule has 88 valence electrons. The Hall–Kier alpha value is -0.640. The molecule has 0 radical (unpaired) electrons. The lowest BCUT2D eigenvalue weighted by Gasteiger charge is -2.16. The SMILES string of the molecule is CC1(C)OCC(CCc2cncc(Cl)c2)O1. The third-order valence-electron chi connectivity index (χ3n) is 2.58. The van der Waals surface area contributed by atoms with Crippen molar-refractivity contribution in [3.05, 3.63) is 29.0 Å².